The molecule has 1 aromatic carbocycles. The van der Waals surface area contributed by atoms with Crippen LogP contribution in [0.2, 0.25) is 10.0 Å². The number of thiophene rings is 1. The highest BCUT2D eigenvalue weighted by molar-refractivity contribution is 7.17. The number of rotatable bonds is 4. The molecule has 0 radical (unpaired) electrons. The van der Waals surface area contributed by atoms with E-state index < -0.39 is 11.9 Å². The lowest BCUT2D eigenvalue weighted by molar-refractivity contribution is 0.1000. The van der Waals surface area contributed by atoms with Crippen molar-refractivity contribution in [1.29, 1.82) is 0 Å². The van der Waals surface area contributed by atoms with E-state index in [4.69, 9.17) is 28.9 Å². The average Bonchev–Trinajstić information content (AvgIpc) is 2.94. The maximum atomic E-state index is 12.3. The summed E-state index contributed by atoms with van der Waals surface area (Å²) >= 11 is 13.3. The van der Waals surface area contributed by atoms with Crippen molar-refractivity contribution in [1.82, 2.24) is 0 Å². The molecule has 2 aromatic rings. The Kier molecular flexibility index (Phi) is 5.75. The third-order valence-electron chi connectivity index (χ3n) is 4.60. The predicted octanol–water partition coefficient (Wildman–Crippen LogP) is 5.31. The van der Waals surface area contributed by atoms with Crippen molar-refractivity contribution in [2.24, 2.45) is 11.7 Å². The van der Waals surface area contributed by atoms with Gasteiger partial charge in [-0.25, -0.2) is 4.79 Å². The third-order valence-corrected chi connectivity index (χ3v) is 6.50. The van der Waals surface area contributed by atoms with Gasteiger partial charge in [0, 0.05) is 10.6 Å². The maximum Gasteiger partial charge on any atom is 0.324 e. The van der Waals surface area contributed by atoms with E-state index in [9.17, 15) is 9.59 Å². The Morgan fingerprint density at radius 3 is 2.69 bits per heavy atom. The minimum Gasteiger partial charge on any atom is -0.365 e. The molecule has 1 unspecified atom stereocenters. The number of halogens is 2. The molecule has 1 aliphatic rings. The molecule has 0 fully saturated rings. The van der Waals surface area contributed by atoms with Crippen molar-refractivity contribution in [2.75, 3.05) is 10.6 Å². The fourth-order valence-electron chi connectivity index (χ4n) is 3.19. The van der Waals surface area contributed by atoms with Crippen LogP contribution in [0, 0.1) is 5.92 Å². The summed E-state index contributed by atoms with van der Waals surface area (Å²) < 4.78 is 0. The topological polar surface area (TPSA) is 84.2 Å². The highest BCUT2D eigenvalue weighted by Crippen LogP contribution is 2.40. The first-order valence-corrected chi connectivity index (χ1v) is 9.93. The van der Waals surface area contributed by atoms with Crippen molar-refractivity contribution in [3.8, 4) is 0 Å². The van der Waals surface area contributed by atoms with Gasteiger partial charge in [0.15, 0.2) is 0 Å². The van der Waals surface area contributed by atoms with Gasteiger partial charge in [0.2, 0.25) is 0 Å². The minimum absolute atomic E-state index is 0.347. The number of carbonyl (C=O) groups is 2. The minimum atomic E-state index is -0.512. The van der Waals surface area contributed by atoms with Gasteiger partial charge >= 0.3 is 6.03 Å². The van der Waals surface area contributed by atoms with Crippen molar-refractivity contribution in [3.63, 3.8) is 0 Å². The second-order valence-corrected chi connectivity index (χ2v) is 8.22. The van der Waals surface area contributed by atoms with Gasteiger partial charge in [-0.3, -0.25) is 10.1 Å². The van der Waals surface area contributed by atoms with Gasteiger partial charge in [0.1, 0.15) is 5.00 Å². The van der Waals surface area contributed by atoms with Crippen LogP contribution in [0.25, 0.3) is 0 Å². The van der Waals surface area contributed by atoms with E-state index in [1.165, 1.54) is 11.3 Å². The molecule has 0 saturated heterocycles. The molecule has 138 valence electrons. The Morgan fingerprint density at radius 2 is 2.04 bits per heavy atom. The molecule has 1 heterocycles. The van der Waals surface area contributed by atoms with Crippen molar-refractivity contribution in [2.45, 2.75) is 32.6 Å². The molecule has 0 spiro atoms. The van der Waals surface area contributed by atoms with Crippen LogP contribution in [0.1, 0.15) is 40.6 Å². The standard InChI is InChI=1S/C18H19Cl2N3O2S/c1-2-9-3-5-11-14(7-9)26-17(15(11)16(21)24)23-18(25)22-10-4-6-12(19)13(20)8-10/h4,6,8-9H,2-3,5,7H2,1H3,(H2,21,24)(H2,22,23,25). The lowest BCUT2D eigenvalue weighted by Crippen LogP contribution is -2.22. The highest BCUT2D eigenvalue weighted by Gasteiger charge is 2.28. The number of amides is 3. The molecule has 0 bridgehead atoms. The molecule has 3 amide bonds. The van der Waals surface area contributed by atoms with Crippen LogP contribution in [-0.4, -0.2) is 11.9 Å². The number of anilines is 2. The highest BCUT2D eigenvalue weighted by atomic mass is 35.5. The molecule has 5 nitrogen and oxygen atoms in total. The number of urea groups is 1. The molecule has 26 heavy (non-hydrogen) atoms. The first-order valence-electron chi connectivity index (χ1n) is 8.36. The van der Waals surface area contributed by atoms with Gasteiger partial charge in [0.05, 0.1) is 15.6 Å². The van der Waals surface area contributed by atoms with Crippen molar-refractivity contribution in [3.05, 3.63) is 44.2 Å². The summed E-state index contributed by atoms with van der Waals surface area (Å²) in [7, 11) is 0. The molecular formula is C18H19Cl2N3O2S. The summed E-state index contributed by atoms with van der Waals surface area (Å²) in [5.74, 6) is 0.0991. The zero-order chi connectivity index (χ0) is 18.8. The van der Waals surface area contributed by atoms with E-state index in [0.717, 1.165) is 36.1 Å². The molecular weight excluding hydrogens is 393 g/mol. The van der Waals surface area contributed by atoms with Gasteiger partial charge in [0.25, 0.3) is 5.91 Å². The molecule has 0 saturated carbocycles. The lowest BCUT2D eigenvalue weighted by atomic mass is 9.85. The number of nitrogens with two attached hydrogens (primary N) is 1. The number of fused-ring (bicyclic) bond motifs is 1. The van der Waals surface area contributed by atoms with E-state index in [-0.39, 0.29) is 0 Å². The van der Waals surface area contributed by atoms with Crippen molar-refractivity contribution < 1.29 is 9.59 Å². The van der Waals surface area contributed by atoms with Crippen LogP contribution in [0.5, 0.6) is 0 Å². The van der Waals surface area contributed by atoms with Crippen LogP contribution in [0.15, 0.2) is 18.2 Å². The summed E-state index contributed by atoms with van der Waals surface area (Å²) in [6.45, 7) is 2.17. The molecule has 3 rings (SSSR count). The number of benzene rings is 1. The predicted molar refractivity (Wildman–Crippen MR) is 108 cm³/mol. The van der Waals surface area contributed by atoms with E-state index >= 15 is 0 Å². The Balaban J connectivity index is 1.80. The van der Waals surface area contributed by atoms with Crippen LogP contribution in [-0.2, 0) is 12.8 Å². The molecule has 1 atom stereocenters. The largest absolute Gasteiger partial charge is 0.365 e. The Bertz CT molecular complexity index is 866. The number of hydrogen-bond acceptors (Lipinski definition) is 3. The number of nitrogens with one attached hydrogen (secondary N) is 2. The van der Waals surface area contributed by atoms with Crippen LogP contribution >= 0.6 is 34.5 Å². The van der Waals surface area contributed by atoms with Gasteiger partial charge in [-0.15, -0.1) is 11.3 Å². The summed E-state index contributed by atoms with van der Waals surface area (Å²) in [6.07, 6.45) is 3.88. The Hall–Kier alpha value is -1.76. The first kappa shape index (κ1) is 19.0. The summed E-state index contributed by atoms with van der Waals surface area (Å²) in [6, 6.07) is 4.34. The van der Waals surface area contributed by atoms with E-state index in [0.29, 0.717) is 32.2 Å². The van der Waals surface area contributed by atoms with Crippen LogP contribution in [0.3, 0.4) is 0 Å². The molecule has 1 aliphatic carbocycles. The lowest BCUT2D eigenvalue weighted by Gasteiger charge is -2.20. The van der Waals surface area contributed by atoms with Gasteiger partial charge in [-0.05, 0) is 48.9 Å². The van der Waals surface area contributed by atoms with Crippen LogP contribution < -0.4 is 16.4 Å². The zero-order valence-electron chi connectivity index (χ0n) is 14.2. The van der Waals surface area contributed by atoms with Crippen molar-refractivity contribution >= 4 is 57.2 Å². The van der Waals surface area contributed by atoms with E-state index in [1.807, 2.05) is 0 Å². The number of hydrogen-bond donors (Lipinski definition) is 3. The zero-order valence-corrected chi connectivity index (χ0v) is 16.5. The smallest absolute Gasteiger partial charge is 0.324 e. The maximum absolute atomic E-state index is 12.3. The fraction of sp³-hybridized carbons (Fsp3) is 0.333. The fourth-order valence-corrected chi connectivity index (χ4v) is 4.85. The quantitative estimate of drug-likeness (QED) is 0.636. The molecule has 1 aromatic heterocycles. The first-order chi connectivity index (χ1) is 12.4. The van der Waals surface area contributed by atoms with E-state index in [2.05, 4.69) is 17.6 Å². The molecule has 4 N–H and O–H groups in total. The average molecular weight is 412 g/mol. The molecule has 8 heteroatoms. The van der Waals surface area contributed by atoms with Gasteiger partial charge < -0.3 is 11.1 Å². The van der Waals surface area contributed by atoms with Gasteiger partial charge in [-0.2, -0.15) is 0 Å². The normalized spacial score (nSPS) is 16.0. The monoisotopic (exact) mass is 411 g/mol. The summed E-state index contributed by atoms with van der Waals surface area (Å²) in [5.41, 5.74) is 7.50. The second kappa shape index (κ2) is 7.86. The SMILES string of the molecule is CCC1CCc2c(sc(NC(=O)Nc3ccc(Cl)c(Cl)c3)c2C(N)=O)C1. The molecule has 0 aliphatic heterocycles. The Labute approximate surface area is 165 Å². The summed E-state index contributed by atoms with van der Waals surface area (Å²) in [4.78, 5) is 25.4. The Morgan fingerprint density at radius 1 is 1.27 bits per heavy atom. The van der Waals surface area contributed by atoms with Gasteiger partial charge in [-0.1, -0.05) is 36.5 Å². The van der Waals surface area contributed by atoms with Crippen LogP contribution in [0.4, 0.5) is 15.5 Å². The second-order valence-electron chi connectivity index (χ2n) is 6.30. The summed E-state index contributed by atoms with van der Waals surface area (Å²) in [5, 5.41) is 6.69. The number of primary amides is 1. The third kappa shape index (κ3) is 3.98. The number of carbonyl (C=O) groups excluding carboxylic acids is 2. The van der Waals surface area contributed by atoms with E-state index in [1.54, 1.807) is 18.2 Å².